The molecule has 0 amide bonds. The number of nitrogens with zero attached hydrogens (tertiary/aromatic N) is 4. The van der Waals surface area contributed by atoms with Gasteiger partial charge < -0.3 is 9.88 Å². The monoisotopic (exact) mass is 349 g/mol. The Morgan fingerprint density at radius 3 is 2.85 bits per heavy atom. The molecule has 132 valence electrons. The summed E-state index contributed by atoms with van der Waals surface area (Å²) in [7, 11) is 0. The minimum absolute atomic E-state index is 0.00392. The van der Waals surface area contributed by atoms with Crippen LogP contribution in [0.5, 0.6) is 0 Å². The normalized spacial score (nSPS) is 16.8. The zero-order valence-electron chi connectivity index (χ0n) is 14.4. The smallest absolute Gasteiger partial charge is 0.287 e. The fraction of sp³-hybridized carbons (Fsp3) is 0.263. The number of pyridine rings is 1. The Labute approximate surface area is 150 Å². The first-order valence-electron chi connectivity index (χ1n) is 8.61. The van der Waals surface area contributed by atoms with Crippen LogP contribution in [0.3, 0.4) is 0 Å². The molecule has 0 saturated carbocycles. The van der Waals surface area contributed by atoms with Gasteiger partial charge in [-0.15, -0.1) is 0 Å². The van der Waals surface area contributed by atoms with Crippen molar-refractivity contribution < 1.29 is 4.92 Å². The summed E-state index contributed by atoms with van der Waals surface area (Å²) < 4.78 is 0. The molecular formula is C19H19N5O2. The van der Waals surface area contributed by atoms with E-state index in [1.165, 1.54) is 17.8 Å². The van der Waals surface area contributed by atoms with Gasteiger partial charge in [-0.05, 0) is 37.5 Å². The van der Waals surface area contributed by atoms with Gasteiger partial charge in [0.2, 0.25) is 0 Å². The van der Waals surface area contributed by atoms with Gasteiger partial charge in [-0.25, -0.2) is 9.97 Å². The van der Waals surface area contributed by atoms with Gasteiger partial charge in [0.1, 0.15) is 17.8 Å². The van der Waals surface area contributed by atoms with Crippen molar-refractivity contribution in [2.24, 2.45) is 0 Å². The topological polar surface area (TPSA) is 87.9 Å². The maximum Gasteiger partial charge on any atom is 0.287 e. The number of hydrogen-bond acceptors (Lipinski definition) is 5. The molecule has 0 radical (unpaired) electrons. The zero-order valence-corrected chi connectivity index (χ0v) is 14.4. The quantitative estimate of drug-likeness (QED) is 0.567. The SMILES string of the molecule is Cc1cccc(-c2cnc(C3CCCN3c3ccc([N+](=O)[O-])cn3)[nH]2)c1. The molecule has 1 N–H and O–H groups in total. The summed E-state index contributed by atoms with van der Waals surface area (Å²) >= 11 is 0. The van der Waals surface area contributed by atoms with E-state index < -0.39 is 4.92 Å². The van der Waals surface area contributed by atoms with Crippen molar-refractivity contribution in [1.82, 2.24) is 15.0 Å². The molecule has 2 aromatic heterocycles. The van der Waals surface area contributed by atoms with Crippen molar-refractivity contribution in [2.45, 2.75) is 25.8 Å². The fourth-order valence-electron chi connectivity index (χ4n) is 3.45. The predicted octanol–water partition coefficient (Wildman–Crippen LogP) is 4.03. The third-order valence-corrected chi connectivity index (χ3v) is 4.73. The van der Waals surface area contributed by atoms with Crippen molar-refractivity contribution >= 4 is 11.5 Å². The number of rotatable bonds is 4. The molecule has 4 rings (SSSR count). The molecule has 0 aliphatic carbocycles. The molecule has 1 aromatic carbocycles. The lowest BCUT2D eigenvalue weighted by Gasteiger charge is -2.24. The molecule has 0 bridgehead atoms. The van der Waals surface area contributed by atoms with Crippen LogP contribution >= 0.6 is 0 Å². The molecule has 1 aliphatic heterocycles. The average molecular weight is 349 g/mol. The molecule has 1 unspecified atom stereocenters. The van der Waals surface area contributed by atoms with Crippen LogP contribution in [0.1, 0.15) is 30.3 Å². The van der Waals surface area contributed by atoms with E-state index in [-0.39, 0.29) is 11.7 Å². The number of benzene rings is 1. The van der Waals surface area contributed by atoms with E-state index in [1.807, 2.05) is 12.3 Å². The highest BCUT2D eigenvalue weighted by Gasteiger charge is 2.29. The van der Waals surface area contributed by atoms with Gasteiger partial charge in [0.05, 0.1) is 22.9 Å². The lowest BCUT2D eigenvalue weighted by atomic mass is 10.1. The van der Waals surface area contributed by atoms with Crippen molar-refractivity contribution in [1.29, 1.82) is 0 Å². The highest BCUT2D eigenvalue weighted by molar-refractivity contribution is 5.59. The molecule has 1 atom stereocenters. The first kappa shape index (κ1) is 16.3. The first-order valence-corrected chi connectivity index (χ1v) is 8.61. The number of aryl methyl sites for hydroxylation is 1. The number of anilines is 1. The van der Waals surface area contributed by atoms with E-state index in [0.29, 0.717) is 0 Å². The molecule has 1 fully saturated rings. The van der Waals surface area contributed by atoms with Gasteiger partial charge >= 0.3 is 0 Å². The maximum absolute atomic E-state index is 10.8. The van der Waals surface area contributed by atoms with Gasteiger partial charge in [0.25, 0.3) is 5.69 Å². The zero-order chi connectivity index (χ0) is 18.1. The predicted molar refractivity (Wildman–Crippen MR) is 99.0 cm³/mol. The van der Waals surface area contributed by atoms with Crippen molar-refractivity contribution in [3.05, 3.63) is 70.3 Å². The third kappa shape index (κ3) is 3.03. The molecule has 1 aliphatic rings. The molecule has 0 spiro atoms. The second-order valence-electron chi connectivity index (χ2n) is 6.53. The Hall–Kier alpha value is -3.22. The summed E-state index contributed by atoms with van der Waals surface area (Å²) in [4.78, 5) is 24.8. The van der Waals surface area contributed by atoms with E-state index in [9.17, 15) is 10.1 Å². The number of nitrogens with one attached hydrogen (secondary N) is 1. The van der Waals surface area contributed by atoms with E-state index >= 15 is 0 Å². The Kier molecular flexibility index (Phi) is 4.12. The Balaban J connectivity index is 1.60. The fourth-order valence-corrected chi connectivity index (χ4v) is 3.45. The summed E-state index contributed by atoms with van der Waals surface area (Å²) in [5, 5.41) is 10.8. The van der Waals surface area contributed by atoms with Gasteiger partial charge in [0, 0.05) is 12.6 Å². The van der Waals surface area contributed by atoms with E-state index in [0.717, 1.165) is 42.3 Å². The summed E-state index contributed by atoms with van der Waals surface area (Å²) in [5.74, 6) is 1.64. The number of imidazole rings is 1. The van der Waals surface area contributed by atoms with Gasteiger partial charge in [0.15, 0.2) is 0 Å². The number of hydrogen-bond donors (Lipinski definition) is 1. The lowest BCUT2D eigenvalue weighted by Crippen LogP contribution is -2.24. The van der Waals surface area contributed by atoms with Crippen LogP contribution in [0, 0.1) is 17.0 Å². The van der Waals surface area contributed by atoms with Crippen molar-refractivity contribution in [2.75, 3.05) is 11.4 Å². The second-order valence-corrected chi connectivity index (χ2v) is 6.53. The lowest BCUT2D eigenvalue weighted by molar-refractivity contribution is -0.385. The minimum Gasteiger partial charge on any atom is -0.346 e. The van der Waals surface area contributed by atoms with E-state index in [2.05, 4.69) is 45.0 Å². The number of H-pyrrole nitrogens is 1. The molecule has 3 aromatic rings. The van der Waals surface area contributed by atoms with Crippen LogP contribution in [0.2, 0.25) is 0 Å². The molecule has 3 heterocycles. The summed E-state index contributed by atoms with van der Waals surface area (Å²) in [6.45, 7) is 2.93. The summed E-state index contributed by atoms with van der Waals surface area (Å²) in [6.07, 6.45) is 5.18. The van der Waals surface area contributed by atoms with Gasteiger partial charge in [-0.2, -0.15) is 0 Å². The standard InChI is InChI=1S/C19H19N5O2/c1-13-4-2-5-14(10-13)16-12-21-19(22-16)17-6-3-9-23(17)18-8-7-15(11-20-18)24(25)26/h2,4-5,7-8,10-12,17H,3,6,9H2,1H3,(H,21,22). The molecule has 7 heteroatoms. The molecule has 26 heavy (non-hydrogen) atoms. The third-order valence-electron chi connectivity index (χ3n) is 4.73. The average Bonchev–Trinajstić information content (AvgIpc) is 3.31. The highest BCUT2D eigenvalue weighted by Crippen LogP contribution is 2.35. The van der Waals surface area contributed by atoms with Gasteiger partial charge in [-0.3, -0.25) is 10.1 Å². The van der Waals surface area contributed by atoms with Crippen molar-refractivity contribution in [3.8, 4) is 11.3 Å². The summed E-state index contributed by atoms with van der Waals surface area (Å²) in [5.41, 5.74) is 3.31. The number of aromatic amines is 1. The molecular weight excluding hydrogens is 330 g/mol. The number of aromatic nitrogens is 3. The van der Waals surface area contributed by atoms with Crippen molar-refractivity contribution in [3.63, 3.8) is 0 Å². The first-order chi connectivity index (χ1) is 12.6. The summed E-state index contributed by atoms with van der Waals surface area (Å²) in [6, 6.07) is 11.6. The van der Waals surface area contributed by atoms with Crippen LogP contribution < -0.4 is 4.90 Å². The van der Waals surface area contributed by atoms with Crippen LogP contribution in [0.4, 0.5) is 11.5 Å². The van der Waals surface area contributed by atoms with Crippen LogP contribution in [0.25, 0.3) is 11.3 Å². The second kappa shape index (κ2) is 6.59. The Morgan fingerprint density at radius 1 is 1.23 bits per heavy atom. The van der Waals surface area contributed by atoms with Crippen LogP contribution in [0.15, 0.2) is 48.8 Å². The number of nitro groups is 1. The highest BCUT2D eigenvalue weighted by atomic mass is 16.6. The van der Waals surface area contributed by atoms with Gasteiger partial charge in [-0.1, -0.05) is 23.8 Å². The van der Waals surface area contributed by atoms with E-state index in [1.54, 1.807) is 6.07 Å². The maximum atomic E-state index is 10.8. The van der Waals surface area contributed by atoms with E-state index in [4.69, 9.17) is 0 Å². The molecule has 1 saturated heterocycles. The largest absolute Gasteiger partial charge is 0.346 e. The Bertz CT molecular complexity index is 935. The Morgan fingerprint density at radius 2 is 2.12 bits per heavy atom. The van der Waals surface area contributed by atoms with Crippen LogP contribution in [-0.2, 0) is 0 Å². The van der Waals surface area contributed by atoms with Crippen LogP contribution in [-0.4, -0.2) is 26.4 Å². The minimum atomic E-state index is -0.432. The molecule has 7 nitrogen and oxygen atoms in total.